The standard InChI is InChI=1S/C12H24O3/c1-12(2)6-4-5-7-14-10-11-15-9-8-13-3/h4,6,12H,5,7-11H2,1-3H3. The molecule has 0 rings (SSSR count). The molecule has 0 amide bonds. The first-order valence-corrected chi connectivity index (χ1v) is 5.58. The van der Waals surface area contributed by atoms with Gasteiger partial charge < -0.3 is 14.2 Å². The van der Waals surface area contributed by atoms with Crippen molar-refractivity contribution >= 4 is 0 Å². The maximum absolute atomic E-state index is 5.38. The van der Waals surface area contributed by atoms with E-state index >= 15 is 0 Å². The minimum Gasteiger partial charge on any atom is -0.382 e. The van der Waals surface area contributed by atoms with Gasteiger partial charge in [-0.05, 0) is 12.3 Å². The van der Waals surface area contributed by atoms with E-state index < -0.39 is 0 Å². The maximum Gasteiger partial charge on any atom is 0.0701 e. The molecule has 0 unspecified atom stereocenters. The Morgan fingerprint density at radius 1 is 0.933 bits per heavy atom. The zero-order chi connectivity index (χ0) is 11.4. The molecule has 0 spiro atoms. The number of rotatable bonds is 10. The van der Waals surface area contributed by atoms with Gasteiger partial charge in [-0.3, -0.25) is 0 Å². The molecule has 0 aromatic heterocycles. The predicted molar refractivity (Wildman–Crippen MR) is 62.1 cm³/mol. The van der Waals surface area contributed by atoms with E-state index in [0.717, 1.165) is 13.0 Å². The van der Waals surface area contributed by atoms with Crippen LogP contribution in [0.5, 0.6) is 0 Å². The van der Waals surface area contributed by atoms with Crippen LogP contribution in [0, 0.1) is 5.92 Å². The zero-order valence-corrected chi connectivity index (χ0v) is 10.2. The van der Waals surface area contributed by atoms with Crippen molar-refractivity contribution < 1.29 is 14.2 Å². The first-order chi connectivity index (χ1) is 7.27. The molecule has 0 heterocycles. The molecule has 0 radical (unpaired) electrons. The molecule has 3 heteroatoms. The van der Waals surface area contributed by atoms with Crippen molar-refractivity contribution in [1.82, 2.24) is 0 Å². The van der Waals surface area contributed by atoms with Crippen LogP contribution in [0.25, 0.3) is 0 Å². The molecule has 0 aromatic carbocycles. The van der Waals surface area contributed by atoms with Crippen LogP contribution in [0.1, 0.15) is 20.3 Å². The van der Waals surface area contributed by atoms with Crippen molar-refractivity contribution in [1.29, 1.82) is 0 Å². The summed E-state index contributed by atoms with van der Waals surface area (Å²) in [7, 11) is 1.67. The van der Waals surface area contributed by atoms with Crippen LogP contribution in [-0.4, -0.2) is 40.1 Å². The fraction of sp³-hybridized carbons (Fsp3) is 0.833. The molecule has 0 aliphatic rings. The summed E-state index contributed by atoms with van der Waals surface area (Å²) in [5, 5.41) is 0. The smallest absolute Gasteiger partial charge is 0.0701 e. The van der Waals surface area contributed by atoms with Gasteiger partial charge in [-0.2, -0.15) is 0 Å². The number of hydrogen-bond acceptors (Lipinski definition) is 3. The number of methoxy groups -OCH3 is 1. The monoisotopic (exact) mass is 216 g/mol. The van der Waals surface area contributed by atoms with Gasteiger partial charge in [-0.15, -0.1) is 0 Å². The molecular weight excluding hydrogens is 192 g/mol. The van der Waals surface area contributed by atoms with E-state index in [1.165, 1.54) is 0 Å². The third-order valence-electron chi connectivity index (χ3n) is 1.75. The maximum atomic E-state index is 5.38. The molecular formula is C12H24O3. The van der Waals surface area contributed by atoms with Crippen molar-refractivity contribution in [3.63, 3.8) is 0 Å². The first kappa shape index (κ1) is 14.6. The predicted octanol–water partition coefficient (Wildman–Crippen LogP) is 2.27. The summed E-state index contributed by atoms with van der Waals surface area (Å²) in [6, 6.07) is 0. The van der Waals surface area contributed by atoms with Crippen molar-refractivity contribution in [3.05, 3.63) is 12.2 Å². The average molecular weight is 216 g/mol. The molecule has 0 aliphatic heterocycles. The van der Waals surface area contributed by atoms with Crippen molar-refractivity contribution in [2.75, 3.05) is 40.1 Å². The fourth-order valence-corrected chi connectivity index (χ4v) is 0.984. The second-order valence-electron chi connectivity index (χ2n) is 3.68. The molecule has 0 aromatic rings. The van der Waals surface area contributed by atoms with Gasteiger partial charge in [0.15, 0.2) is 0 Å². The summed E-state index contributed by atoms with van der Waals surface area (Å²) in [4.78, 5) is 0. The molecule has 3 nitrogen and oxygen atoms in total. The van der Waals surface area contributed by atoms with Crippen molar-refractivity contribution in [2.24, 2.45) is 5.92 Å². The van der Waals surface area contributed by atoms with Gasteiger partial charge in [0, 0.05) is 7.11 Å². The highest BCUT2D eigenvalue weighted by molar-refractivity contribution is 4.83. The summed E-state index contributed by atoms with van der Waals surface area (Å²) in [6.07, 6.45) is 5.34. The lowest BCUT2D eigenvalue weighted by Crippen LogP contribution is -2.08. The van der Waals surface area contributed by atoms with Gasteiger partial charge in [-0.25, -0.2) is 0 Å². The Balaban J connectivity index is 2.99. The molecule has 0 bridgehead atoms. The average Bonchev–Trinajstić information content (AvgIpc) is 2.20. The highest BCUT2D eigenvalue weighted by atomic mass is 16.5. The topological polar surface area (TPSA) is 27.7 Å². The van der Waals surface area contributed by atoms with E-state index in [1.807, 2.05) is 0 Å². The Kier molecular flexibility index (Phi) is 11.4. The van der Waals surface area contributed by atoms with Crippen LogP contribution in [0.3, 0.4) is 0 Å². The minimum atomic E-state index is 0.627. The summed E-state index contributed by atoms with van der Waals surface area (Å²) in [5.74, 6) is 0.627. The van der Waals surface area contributed by atoms with Crippen LogP contribution in [0.15, 0.2) is 12.2 Å². The lowest BCUT2D eigenvalue weighted by Gasteiger charge is -2.04. The summed E-state index contributed by atoms with van der Waals surface area (Å²) in [5.41, 5.74) is 0. The number of allylic oxidation sites excluding steroid dienone is 1. The fourth-order valence-electron chi connectivity index (χ4n) is 0.984. The lowest BCUT2D eigenvalue weighted by atomic mass is 10.2. The van der Waals surface area contributed by atoms with E-state index in [4.69, 9.17) is 14.2 Å². The molecule has 0 aliphatic carbocycles. The Bertz CT molecular complexity index is 144. The Morgan fingerprint density at radius 3 is 2.13 bits per heavy atom. The third kappa shape index (κ3) is 13.6. The summed E-state index contributed by atoms with van der Waals surface area (Å²) in [6.45, 7) is 7.72. The van der Waals surface area contributed by atoms with Crippen molar-refractivity contribution in [2.45, 2.75) is 20.3 Å². The molecule has 0 atom stereocenters. The van der Waals surface area contributed by atoms with Gasteiger partial charge in [0.2, 0.25) is 0 Å². The first-order valence-electron chi connectivity index (χ1n) is 5.58. The van der Waals surface area contributed by atoms with Crippen LogP contribution in [0.4, 0.5) is 0 Å². The second-order valence-corrected chi connectivity index (χ2v) is 3.68. The van der Waals surface area contributed by atoms with E-state index in [-0.39, 0.29) is 0 Å². The molecule has 0 N–H and O–H groups in total. The summed E-state index contributed by atoms with van der Waals surface area (Å²) < 4.78 is 15.5. The van der Waals surface area contributed by atoms with E-state index in [2.05, 4.69) is 26.0 Å². The Labute approximate surface area is 93.4 Å². The Morgan fingerprint density at radius 2 is 1.53 bits per heavy atom. The highest BCUT2D eigenvalue weighted by Crippen LogP contribution is 1.95. The quantitative estimate of drug-likeness (QED) is 0.414. The van der Waals surface area contributed by atoms with Gasteiger partial charge in [0.05, 0.1) is 33.0 Å². The summed E-state index contributed by atoms with van der Waals surface area (Å²) >= 11 is 0. The molecule has 90 valence electrons. The lowest BCUT2D eigenvalue weighted by molar-refractivity contribution is 0.0259. The van der Waals surface area contributed by atoms with Crippen LogP contribution in [-0.2, 0) is 14.2 Å². The van der Waals surface area contributed by atoms with Gasteiger partial charge >= 0.3 is 0 Å². The zero-order valence-electron chi connectivity index (χ0n) is 10.2. The van der Waals surface area contributed by atoms with Crippen molar-refractivity contribution in [3.8, 4) is 0 Å². The molecule has 0 saturated heterocycles. The third-order valence-corrected chi connectivity index (χ3v) is 1.75. The van der Waals surface area contributed by atoms with Gasteiger partial charge in [0.1, 0.15) is 0 Å². The largest absolute Gasteiger partial charge is 0.382 e. The van der Waals surface area contributed by atoms with Crippen LogP contribution in [0.2, 0.25) is 0 Å². The van der Waals surface area contributed by atoms with Crippen LogP contribution < -0.4 is 0 Å². The highest BCUT2D eigenvalue weighted by Gasteiger charge is 1.89. The van der Waals surface area contributed by atoms with Gasteiger partial charge in [-0.1, -0.05) is 26.0 Å². The SMILES string of the molecule is COCCOCCOCCC=CC(C)C. The number of ether oxygens (including phenoxy) is 3. The van der Waals surface area contributed by atoms with E-state index in [0.29, 0.717) is 32.3 Å². The molecule has 0 saturated carbocycles. The van der Waals surface area contributed by atoms with E-state index in [9.17, 15) is 0 Å². The Hall–Kier alpha value is -0.380. The van der Waals surface area contributed by atoms with E-state index in [1.54, 1.807) is 7.11 Å². The van der Waals surface area contributed by atoms with Gasteiger partial charge in [0.25, 0.3) is 0 Å². The van der Waals surface area contributed by atoms with Crippen LogP contribution >= 0.6 is 0 Å². The minimum absolute atomic E-state index is 0.627. The molecule has 15 heavy (non-hydrogen) atoms. The molecule has 0 fully saturated rings. The second kappa shape index (κ2) is 11.7. The normalized spacial score (nSPS) is 11.7. The number of hydrogen-bond donors (Lipinski definition) is 0.